The lowest BCUT2D eigenvalue weighted by Crippen LogP contribution is -1.99. The van der Waals surface area contributed by atoms with E-state index in [-0.39, 0.29) is 5.56 Å². The molecule has 0 bridgehead atoms. The number of hydrogen-bond acceptors (Lipinski definition) is 1. The summed E-state index contributed by atoms with van der Waals surface area (Å²) in [5.74, 6) is -3.61. The molecule has 0 aliphatic carbocycles. The second kappa shape index (κ2) is 2.97. The quantitative estimate of drug-likeness (QED) is 0.592. The number of rotatable bonds is 1. The molecular formula is C8H4F3O. The molecule has 0 atom stereocenters. The van der Waals surface area contributed by atoms with Crippen molar-refractivity contribution in [1.82, 2.24) is 0 Å². The Labute approximate surface area is 66.8 Å². The predicted octanol–water partition coefficient (Wildman–Crippen LogP) is 1.87. The van der Waals surface area contributed by atoms with E-state index in [9.17, 15) is 18.0 Å². The Morgan fingerprint density at radius 2 is 1.83 bits per heavy atom. The molecule has 1 nitrogen and oxygen atoms in total. The van der Waals surface area contributed by atoms with Crippen molar-refractivity contribution in [1.29, 1.82) is 0 Å². The van der Waals surface area contributed by atoms with E-state index < -0.39 is 23.0 Å². The van der Waals surface area contributed by atoms with Crippen LogP contribution in [0.2, 0.25) is 0 Å². The summed E-state index contributed by atoms with van der Waals surface area (Å²) >= 11 is 0. The first-order valence-corrected chi connectivity index (χ1v) is 3.10. The van der Waals surface area contributed by atoms with Crippen LogP contribution in [-0.4, -0.2) is 6.29 Å². The molecule has 0 fully saturated rings. The lowest BCUT2D eigenvalue weighted by atomic mass is 10.1. The minimum absolute atomic E-state index is 0.322. The van der Waals surface area contributed by atoms with E-state index in [1.54, 1.807) is 0 Å². The summed E-state index contributed by atoms with van der Waals surface area (Å²) in [6.45, 7) is 1.11. The summed E-state index contributed by atoms with van der Waals surface area (Å²) in [4.78, 5) is 10.1. The normalized spacial score (nSPS) is 10.0. The van der Waals surface area contributed by atoms with E-state index in [0.29, 0.717) is 6.07 Å². The van der Waals surface area contributed by atoms with E-state index >= 15 is 0 Å². The van der Waals surface area contributed by atoms with Crippen LogP contribution in [0.5, 0.6) is 0 Å². The number of halogens is 3. The molecule has 0 saturated carbocycles. The first kappa shape index (κ1) is 8.77. The van der Waals surface area contributed by atoms with Gasteiger partial charge in [0, 0.05) is 11.6 Å². The molecule has 0 amide bonds. The Morgan fingerprint density at radius 3 is 2.33 bits per heavy atom. The van der Waals surface area contributed by atoms with E-state index in [1.807, 2.05) is 0 Å². The van der Waals surface area contributed by atoms with Gasteiger partial charge in [-0.2, -0.15) is 0 Å². The zero-order chi connectivity index (χ0) is 9.30. The smallest absolute Gasteiger partial charge is 0.236 e. The van der Waals surface area contributed by atoms with Crippen molar-refractivity contribution in [2.75, 3.05) is 0 Å². The van der Waals surface area contributed by atoms with Crippen LogP contribution in [0, 0.1) is 24.4 Å². The highest BCUT2D eigenvalue weighted by Gasteiger charge is 2.14. The van der Waals surface area contributed by atoms with Crippen LogP contribution in [0.3, 0.4) is 0 Å². The van der Waals surface area contributed by atoms with Gasteiger partial charge in [-0.25, -0.2) is 13.2 Å². The first-order valence-electron chi connectivity index (χ1n) is 3.10. The van der Waals surface area contributed by atoms with E-state index in [1.165, 1.54) is 6.29 Å². The molecule has 12 heavy (non-hydrogen) atoms. The van der Waals surface area contributed by atoms with Gasteiger partial charge in [0.15, 0.2) is 11.6 Å². The Balaban J connectivity index is 3.51. The Kier molecular flexibility index (Phi) is 2.17. The van der Waals surface area contributed by atoms with Gasteiger partial charge >= 0.3 is 0 Å². The van der Waals surface area contributed by atoms with Gasteiger partial charge in [-0.1, -0.05) is 0 Å². The monoisotopic (exact) mass is 173 g/mol. The maximum Gasteiger partial charge on any atom is 0.236 e. The molecule has 0 aliphatic heterocycles. The molecule has 0 spiro atoms. The highest BCUT2D eigenvalue weighted by atomic mass is 19.2. The second-order valence-corrected chi connectivity index (χ2v) is 2.26. The predicted molar refractivity (Wildman–Crippen MR) is 35.8 cm³/mol. The van der Waals surface area contributed by atoms with Crippen molar-refractivity contribution < 1.29 is 18.0 Å². The van der Waals surface area contributed by atoms with Crippen LogP contribution in [0.25, 0.3) is 0 Å². The van der Waals surface area contributed by atoms with Gasteiger partial charge < -0.3 is 0 Å². The van der Waals surface area contributed by atoms with Gasteiger partial charge in [0.1, 0.15) is 5.82 Å². The average Bonchev–Trinajstić information content (AvgIpc) is 2.01. The molecule has 0 saturated heterocycles. The Hall–Kier alpha value is -1.32. The van der Waals surface area contributed by atoms with Gasteiger partial charge in [-0.15, -0.1) is 0 Å². The van der Waals surface area contributed by atoms with Crippen molar-refractivity contribution in [3.05, 3.63) is 34.6 Å². The van der Waals surface area contributed by atoms with Gasteiger partial charge in [-0.3, -0.25) is 4.79 Å². The topological polar surface area (TPSA) is 17.1 Å². The van der Waals surface area contributed by atoms with Gasteiger partial charge in [0.2, 0.25) is 6.29 Å². The van der Waals surface area contributed by atoms with E-state index in [0.717, 1.165) is 6.92 Å². The van der Waals surface area contributed by atoms with Crippen LogP contribution < -0.4 is 0 Å². The summed E-state index contributed by atoms with van der Waals surface area (Å²) in [5.41, 5.74) is -0.920. The standard InChI is InChI=1S/C8H4F3O/c1-4-5(3-12)6(9)2-7(10)8(4)11/h2H,1H3. The molecule has 1 radical (unpaired) electrons. The molecule has 1 aromatic rings. The van der Waals surface area contributed by atoms with Crippen molar-refractivity contribution in [3.63, 3.8) is 0 Å². The van der Waals surface area contributed by atoms with Crippen LogP contribution in [0.4, 0.5) is 13.2 Å². The van der Waals surface area contributed by atoms with Crippen molar-refractivity contribution in [3.8, 4) is 0 Å². The Bertz CT molecular complexity index is 334. The van der Waals surface area contributed by atoms with E-state index in [4.69, 9.17) is 0 Å². The molecule has 1 aromatic carbocycles. The number of benzene rings is 1. The second-order valence-electron chi connectivity index (χ2n) is 2.26. The highest BCUT2D eigenvalue weighted by molar-refractivity contribution is 5.78. The lowest BCUT2D eigenvalue weighted by molar-refractivity contribution is 0.486. The fourth-order valence-corrected chi connectivity index (χ4v) is 0.840. The molecule has 0 aromatic heterocycles. The van der Waals surface area contributed by atoms with E-state index in [2.05, 4.69) is 0 Å². The summed E-state index contributed by atoms with van der Waals surface area (Å²) in [7, 11) is 0. The largest absolute Gasteiger partial charge is 0.285 e. The molecule has 4 heteroatoms. The maximum atomic E-state index is 12.6. The van der Waals surface area contributed by atoms with Crippen molar-refractivity contribution >= 4 is 6.29 Å². The van der Waals surface area contributed by atoms with Crippen molar-refractivity contribution in [2.24, 2.45) is 0 Å². The SMILES string of the molecule is Cc1c(F)c(F)cc(F)c1[C]=O. The molecule has 0 N–H and O–H groups in total. The molecule has 0 unspecified atom stereocenters. The maximum absolute atomic E-state index is 12.6. The summed E-state index contributed by atoms with van der Waals surface area (Å²) in [6.07, 6.45) is 1.20. The minimum Gasteiger partial charge on any atom is -0.285 e. The van der Waals surface area contributed by atoms with Crippen molar-refractivity contribution in [2.45, 2.75) is 6.92 Å². The molecule has 0 heterocycles. The highest BCUT2D eigenvalue weighted by Crippen LogP contribution is 2.17. The van der Waals surface area contributed by atoms with Gasteiger partial charge in [0.25, 0.3) is 0 Å². The number of hydrogen-bond donors (Lipinski definition) is 0. The van der Waals surface area contributed by atoms with Crippen LogP contribution in [0.1, 0.15) is 11.1 Å². The van der Waals surface area contributed by atoms with Crippen LogP contribution >= 0.6 is 0 Å². The fourth-order valence-electron chi connectivity index (χ4n) is 0.840. The summed E-state index contributed by atoms with van der Waals surface area (Å²) in [5, 5.41) is 0. The van der Waals surface area contributed by atoms with Crippen LogP contribution in [0.15, 0.2) is 6.07 Å². The molecule has 63 valence electrons. The number of carbonyl (C=O) groups excluding carboxylic acids is 1. The van der Waals surface area contributed by atoms with Crippen LogP contribution in [-0.2, 0) is 4.79 Å². The summed E-state index contributed by atoms with van der Waals surface area (Å²) in [6, 6.07) is 0.322. The first-order chi connectivity index (χ1) is 5.57. The van der Waals surface area contributed by atoms with Gasteiger partial charge in [-0.05, 0) is 6.92 Å². The third kappa shape index (κ3) is 1.20. The molecule has 1 rings (SSSR count). The molecule has 0 aliphatic rings. The zero-order valence-electron chi connectivity index (χ0n) is 6.12. The Morgan fingerprint density at radius 1 is 1.25 bits per heavy atom. The lowest BCUT2D eigenvalue weighted by Gasteiger charge is -2.01. The van der Waals surface area contributed by atoms with Gasteiger partial charge in [0.05, 0.1) is 5.56 Å². The third-order valence-corrected chi connectivity index (χ3v) is 1.51. The summed E-state index contributed by atoms with van der Waals surface area (Å²) < 4.78 is 37.7. The minimum atomic E-state index is -1.30. The average molecular weight is 173 g/mol. The third-order valence-electron chi connectivity index (χ3n) is 1.51. The molecular weight excluding hydrogens is 169 g/mol. The zero-order valence-corrected chi connectivity index (χ0v) is 6.12. The fraction of sp³-hybridized carbons (Fsp3) is 0.125.